The maximum absolute atomic E-state index is 12.6. The van der Waals surface area contributed by atoms with Gasteiger partial charge in [-0.05, 0) is 32.7 Å². The third-order valence-electron chi connectivity index (χ3n) is 4.59. The average molecular weight is 313 g/mol. The highest BCUT2D eigenvalue weighted by Crippen LogP contribution is 2.26. The minimum absolute atomic E-state index is 0.0509. The summed E-state index contributed by atoms with van der Waals surface area (Å²) in [6, 6.07) is 9.60. The molecule has 1 fully saturated rings. The summed E-state index contributed by atoms with van der Waals surface area (Å²) >= 11 is 0. The van der Waals surface area contributed by atoms with Crippen molar-refractivity contribution in [2.24, 2.45) is 5.92 Å². The highest BCUT2D eigenvalue weighted by molar-refractivity contribution is 5.97. The molecule has 2 aromatic rings. The Hall–Kier alpha value is -2.14. The molecule has 1 aliphatic heterocycles. The van der Waals surface area contributed by atoms with E-state index >= 15 is 0 Å². The fourth-order valence-electron chi connectivity index (χ4n) is 3.10. The number of carbonyl (C=O) groups excluding carboxylic acids is 1. The SMILES string of the molecule is Cc1nc(C(=O)NCC2CCNC2(C)C)c(-c2ccccc2)o1. The lowest BCUT2D eigenvalue weighted by Crippen LogP contribution is -2.43. The van der Waals surface area contributed by atoms with Crippen LogP contribution in [0.2, 0.25) is 0 Å². The van der Waals surface area contributed by atoms with Crippen LogP contribution in [-0.2, 0) is 0 Å². The lowest BCUT2D eigenvalue weighted by Gasteiger charge is -2.27. The van der Waals surface area contributed by atoms with Gasteiger partial charge in [0, 0.05) is 24.6 Å². The predicted octanol–water partition coefficient (Wildman–Crippen LogP) is 2.77. The van der Waals surface area contributed by atoms with Crippen LogP contribution in [0.1, 0.15) is 36.6 Å². The Balaban J connectivity index is 1.75. The van der Waals surface area contributed by atoms with Crippen molar-refractivity contribution in [1.82, 2.24) is 15.6 Å². The zero-order chi connectivity index (χ0) is 16.4. The van der Waals surface area contributed by atoms with Gasteiger partial charge in [0.05, 0.1) is 0 Å². The van der Waals surface area contributed by atoms with Gasteiger partial charge in [-0.3, -0.25) is 4.79 Å². The van der Waals surface area contributed by atoms with E-state index in [1.54, 1.807) is 6.92 Å². The number of rotatable bonds is 4. The van der Waals surface area contributed by atoms with Gasteiger partial charge in [0.2, 0.25) is 0 Å². The minimum atomic E-state index is -0.177. The number of carbonyl (C=O) groups is 1. The van der Waals surface area contributed by atoms with Crippen molar-refractivity contribution in [2.75, 3.05) is 13.1 Å². The Bertz CT molecular complexity index is 692. The highest BCUT2D eigenvalue weighted by atomic mass is 16.4. The fourth-order valence-corrected chi connectivity index (χ4v) is 3.10. The number of nitrogens with zero attached hydrogens (tertiary/aromatic N) is 1. The van der Waals surface area contributed by atoms with Crippen LogP contribution in [0.4, 0.5) is 0 Å². The van der Waals surface area contributed by atoms with Crippen LogP contribution >= 0.6 is 0 Å². The summed E-state index contributed by atoms with van der Waals surface area (Å²) in [5, 5.41) is 6.48. The number of aryl methyl sites for hydroxylation is 1. The lowest BCUT2D eigenvalue weighted by molar-refractivity contribution is 0.0938. The molecule has 5 nitrogen and oxygen atoms in total. The molecule has 1 aromatic heterocycles. The molecule has 0 aliphatic carbocycles. The van der Waals surface area contributed by atoms with Crippen LogP contribution in [0.5, 0.6) is 0 Å². The summed E-state index contributed by atoms with van der Waals surface area (Å²) in [6.07, 6.45) is 1.07. The molecule has 1 unspecified atom stereocenters. The van der Waals surface area contributed by atoms with Crippen LogP contribution in [0.15, 0.2) is 34.7 Å². The number of oxazole rings is 1. The van der Waals surface area contributed by atoms with Crippen molar-refractivity contribution in [2.45, 2.75) is 32.7 Å². The second-order valence-corrected chi connectivity index (χ2v) is 6.62. The monoisotopic (exact) mass is 313 g/mol. The molecule has 1 amide bonds. The van der Waals surface area contributed by atoms with Crippen molar-refractivity contribution in [3.05, 3.63) is 41.9 Å². The first-order chi connectivity index (χ1) is 11.0. The standard InChI is InChI=1S/C18H23N3O2/c1-12-21-15(16(23-12)13-7-5-4-6-8-13)17(22)19-11-14-9-10-20-18(14,2)3/h4-8,14,20H,9-11H2,1-3H3,(H,19,22). The van der Waals surface area contributed by atoms with E-state index in [1.165, 1.54) is 0 Å². The van der Waals surface area contributed by atoms with Gasteiger partial charge >= 0.3 is 0 Å². The largest absolute Gasteiger partial charge is 0.440 e. The molecule has 1 aliphatic rings. The van der Waals surface area contributed by atoms with Crippen molar-refractivity contribution < 1.29 is 9.21 Å². The van der Waals surface area contributed by atoms with Crippen molar-refractivity contribution in [1.29, 1.82) is 0 Å². The van der Waals surface area contributed by atoms with Crippen LogP contribution in [0, 0.1) is 12.8 Å². The number of nitrogens with one attached hydrogen (secondary N) is 2. The van der Waals surface area contributed by atoms with E-state index < -0.39 is 0 Å². The Kier molecular flexibility index (Phi) is 4.22. The molecule has 3 rings (SSSR count). The number of aromatic nitrogens is 1. The normalized spacial score (nSPS) is 19.7. The first kappa shape index (κ1) is 15.7. The number of benzene rings is 1. The Morgan fingerprint density at radius 2 is 2.13 bits per heavy atom. The smallest absolute Gasteiger partial charge is 0.273 e. The third-order valence-corrected chi connectivity index (χ3v) is 4.59. The zero-order valence-corrected chi connectivity index (χ0v) is 13.8. The molecule has 2 N–H and O–H groups in total. The van der Waals surface area contributed by atoms with Gasteiger partial charge < -0.3 is 15.1 Å². The van der Waals surface area contributed by atoms with Crippen molar-refractivity contribution in [3.63, 3.8) is 0 Å². The molecule has 0 spiro atoms. The van der Waals surface area contributed by atoms with E-state index in [4.69, 9.17) is 4.42 Å². The quantitative estimate of drug-likeness (QED) is 0.911. The van der Waals surface area contributed by atoms with E-state index in [0.29, 0.717) is 29.8 Å². The van der Waals surface area contributed by atoms with Gasteiger partial charge in [-0.25, -0.2) is 4.98 Å². The van der Waals surface area contributed by atoms with Crippen LogP contribution in [0.25, 0.3) is 11.3 Å². The molecule has 0 bridgehead atoms. The molecule has 0 radical (unpaired) electrons. The van der Waals surface area contributed by atoms with E-state index in [-0.39, 0.29) is 11.4 Å². The van der Waals surface area contributed by atoms with E-state index in [9.17, 15) is 4.79 Å². The van der Waals surface area contributed by atoms with Crippen LogP contribution in [-0.4, -0.2) is 29.5 Å². The zero-order valence-electron chi connectivity index (χ0n) is 13.8. The molecule has 0 saturated carbocycles. The maximum atomic E-state index is 12.6. The van der Waals surface area contributed by atoms with Gasteiger partial charge in [0.25, 0.3) is 5.91 Å². The summed E-state index contributed by atoms with van der Waals surface area (Å²) in [6.45, 7) is 7.73. The molecule has 1 atom stereocenters. The Morgan fingerprint density at radius 1 is 1.39 bits per heavy atom. The van der Waals surface area contributed by atoms with Gasteiger partial charge in [0.1, 0.15) is 0 Å². The summed E-state index contributed by atoms with van der Waals surface area (Å²) in [4.78, 5) is 16.8. The maximum Gasteiger partial charge on any atom is 0.273 e. The van der Waals surface area contributed by atoms with E-state index in [1.807, 2.05) is 30.3 Å². The topological polar surface area (TPSA) is 67.2 Å². The molecular formula is C18H23N3O2. The van der Waals surface area contributed by atoms with Crippen LogP contribution < -0.4 is 10.6 Å². The van der Waals surface area contributed by atoms with Crippen molar-refractivity contribution in [3.8, 4) is 11.3 Å². The molecule has 1 aromatic carbocycles. The van der Waals surface area contributed by atoms with Gasteiger partial charge in [-0.2, -0.15) is 0 Å². The average Bonchev–Trinajstić information content (AvgIpc) is 3.08. The molecule has 23 heavy (non-hydrogen) atoms. The summed E-state index contributed by atoms with van der Waals surface area (Å²) in [5.74, 6) is 1.27. The predicted molar refractivity (Wildman–Crippen MR) is 89.2 cm³/mol. The van der Waals surface area contributed by atoms with E-state index in [2.05, 4.69) is 29.5 Å². The highest BCUT2D eigenvalue weighted by Gasteiger charge is 2.34. The van der Waals surface area contributed by atoms with Crippen molar-refractivity contribution >= 4 is 5.91 Å². The number of hydrogen-bond donors (Lipinski definition) is 2. The molecule has 1 saturated heterocycles. The second kappa shape index (κ2) is 6.16. The third kappa shape index (κ3) is 3.29. The molecule has 2 heterocycles. The first-order valence-corrected chi connectivity index (χ1v) is 8.03. The van der Waals surface area contributed by atoms with Gasteiger partial charge in [0.15, 0.2) is 17.3 Å². The van der Waals surface area contributed by atoms with Gasteiger partial charge in [-0.15, -0.1) is 0 Å². The summed E-state index contributed by atoms with van der Waals surface area (Å²) < 4.78 is 5.65. The summed E-state index contributed by atoms with van der Waals surface area (Å²) in [7, 11) is 0. The Morgan fingerprint density at radius 3 is 2.78 bits per heavy atom. The van der Waals surface area contributed by atoms with Crippen LogP contribution in [0.3, 0.4) is 0 Å². The molecular weight excluding hydrogens is 290 g/mol. The molecule has 122 valence electrons. The molecule has 5 heteroatoms. The number of amides is 1. The first-order valence-electron chi connectivity index (χ1n) is 8.03. The number of hydrogen-bond acceptors (Lipinski definition) is 4. The Labute approximate surface area is 136 Å². The summed E-state index contributed by atoms with van der Waals surface area (Å²) in [5.41, 5.74) is 1.27. The lowest BCUT2D eigenvalue weighted by atomic mass is 9.89. The fraction of sp³-hybridized carbons (Fsp3) is 0.444. The minimum Gasteiger partial charge on any atom is -0.440 e. The second-order valence-electron chi connectivity index (χ2n) is 6.62. The van der Waals surface area contributed by atoms with Gasteiger partial charge in [-0.1, -0.05) is 30.3 Å². The van der Waals surface area contributed by atoms with E-state index in [0.717, 1.165) is 18.5 Å².